The maximum Gasteiger partial charge on any atom is 0.0809 e. The Morgan fingerprint density at radius 3 is 2.61 bits per heavy atom. The number of nitrogens with zero attached hydrogens (tertiary/aromatic N) is 2. The fraction of sp³-hybridized carbons (Fsp3) is 0.792. The first kappa shape index (κ1) is 18.9. The van der Waals surface area contributed by atoms with Gasteiger partial charge in [0.05, 0.1) is 18.4 Å². The number of aliphatic hydroxyl groups excluding tert-OH is 2. The molecular formula is C24H36N2O2. The van der Waals surface area contributed by atoms with Gasteiger partial charge in [-0.15, -0.1) is 0 Å². The number of fused-ring (bicyclic) bond motifs is 5. The first-order valence-electron chi connectivity index (χ1n) is 11.4. The van der Waals surface area contributed by atoms with E-state index in [0.717, 1.165) is 43.1 Å². The molecule has 0 aromatic carbocycles. The third-order valence-electron chi connectivity index (χ3n) is 9.58. The molecule has 5 rings (SSSR count). The maximum atomic E-state index is 11.3. The Labute approximate surface area is 169 Å². The Morgan fingerprint density at radius 2 is 1.86 bits per heavy atom. The molecule has 1 aromatic heterocycles. The molecule has 4 fully saturated rings. The summed E-state index contributed by atoms with van der Waals surface area (Å²) in [4.78, 5) is 0. The molecule has 1 heterocycles. The summed E-state index contributed by atoms with van der Waals surface area (Å²) in [6.07, 6.45) is 14.9. The molecule has 4 aliphatic rings. The van der Waals surface area contributed by atoms with E-state index < -0.39 is 0 Å². The largest absolute Gasteiger partial charge is 0.393 e. The van der Waals surface area contributed by atoms with Gasteiger partial charge in [0, 0.05) is 24.2 Å². The van der Waals surface area contributed by atoms with Crippen molar-refractivity contribution < 1.29 is 10.2 Å². The van der Waals surface area contributed by atoms with E-state index in [4.69, 9.17) is 0 Å². The van der Waals surface area contributed by atoms with Gasteiger partial charge >= 0.3 is 0 Å². The molecule has 154 valence electrons. The van der Waals surface area contributed by atoms with Crippen LogP contribution in [-0.4, -0.2) is 32.2 Å². The van der Waals surface area contributed by atoms with E-state index in [1.165, 1.54) is 31.3 Å². The van der Waals surface area contributed by atoms with E-state index in [1.807, 2.05) is 24.1 Å². The maximum absolute atomic E-state index is 11.3. The number of aryl methyl sites for hydroxylation is 1. The zero-order valence-electron chi connectivity index (χ0n) is 17.6. The van der Waals surface area contributed by atoms with Gasteiger partial charge in [0.15, 0.2) is 0 Å². The molecule has 0 amide bonds. The van der Waals surface area contributed by atoms with Crippen LogP contribution in [-0.2, 0) is 7.05 Å². The molecule has 0 radical (unpaired) electrons. The van der Waals surface area contributed by atoms with Gasteiger partial charge in [0.25, 0.3) is 0 Å². The Balaban J connectivity index is 1.44. The van der Waals surface area contributed by atoms with Crippen molar-refractivity contribution >= 4 is 6.08 Å². The molecule has 4 nitrogen and oxygen atoms in total. The molecule has 1 aromatic rings. The Morgan fingerprint density at radius 1 is 1.07 bits per heavy atom. The van der Waals surface area contributed by atoms with Crippen molar-refractivity contribution in [1.29, 1.82) is 0 Å². The van der Waals surface area contributed by atoms with E-state index in [9.17, 15) is 10.2 Å². The lowest BCUT2D eigenvalue weighted by molar-refractivity contribution is -0.133. The second-order valence-electron chi connectivity index (χ2n) is 10.9. The van der Waals surface area contributed by atoms with Gasteiger partial charge in [-0.2, -0.15) is 5.10 Å². The number of aliphatic hydroxyl groups is 2. The first-order valence-corrected chi connectivity index (χ1v) is 11.4. The van der Waals surface area contributed by atoms with Crippen LogP contribution in [0.3, 0.4) is 0 Å². The fourth-order valence-electron chi connectivity index (χ4n) is 7.96. The van der Waals surface area contributed by atoms with Crippen molar-refractivity contribution in [1.82, 2.24) is 9.78 Å². The summed E-state index contributed by atoms with van der Waals surface area (Å²) in [6.45, 7) is 4.88. The molecule has 0 aliphatic heterocycles. The van der Waals surface area contributed by atoms with Crippen LogP contribution < -0.4 is 0 Å². The summed E-state index contributed by atoms with van der Waals surface area (Å²) in [5.74, 6) is 2.78. The van der Waals surface area contributed by atoms with Gasteiger partial charge < -0.3 is 10.2 Å². The van der Waals surface area contributed by atoms with Crippen LogP contribution in [0.15, 0.2) is 18.0 Å². The minimum atomic E-state index is -0.322. The molecule has 2 N–H and O–H groups in total. The highest BCUT2D eigenvalue weighted by molar-refractivity contribution is 5.54. The minimum absolute atomic E-state index is 0.0204. The minimum Gasteiger partial charge on any atom is -0.393 e. The highest BCUT2D eigenvalue weighted by atomic mass is 16.3. The third kappa shape index (κ3) is 2.67. The van der Waals surface area contributed by atoms with Crippen LogP contribution in [0.4, 0.5) is 0 Å². The van der Waals surface area contributed by atoms with Crippen LogP contribution >= 0.6 is 0 Å². The molecule has 8 atom stereocenters. The molecule has 4 heteroatoms. The number of hydrogen-bond acceptors (Lipinski definition) is 3. The average molecular weight is 385 g/mol. The summed E-state index contributed by atoms with van der Waals surface area (Å²) >= 11 is 0. The van der Waals surface area contributed by atoms with Gasteiger partial charge in [0.1, 0.15) is 0 Å². The fourth-order valence-corrected chi connectivity index (χ4v) is 7.96. The summed E-state index contributed by atoms with van der Waals surface area (Å²) < 4.78 is 1.83. The van der Waals surface area contributed by atoms with Gasteiger partial charge in [-0.3, -0.25) is 4.68 Å². The van der Waals surface area contributed by atoms with Gasteiger partial charge in [-0.05, 0) is 86.0 Å². The molecule has 28 heavy (non-hydrogen) atoms. The quantitative estimate of drug-likeness (QED) is 0.764. The standard InChI is InChI=1S/C24H36N2O2/c1-23-8-6-18(27)12-17(23)4-5-19-20(23)7-9-24(2)21(19)11-16(22(24)28)10-15-13-25-26(3)14-15/h10,13-14,17-22,27-28H,4-9,11-12H2,1-3H3/b16-10+/t17-,18-,19-,20+,21+,22-,23-,24+/m0/s1. The Kier molecular flexibility index (Phi) is 4.34. The molecular weight excluding hydrogens is 348 g/mol. The SMILES string of the molecule is Cn1cc(/C=C2\C[C@@H]3[C@H]4CC[C@H]5C[C@@H](O)CC[C@]5(C)[C@@H]4CC[C@@]3(C)[C@H]2O)cn1. The van der Waals surface area contributed by atoms with E-state index in [2.05, 4.69) is 25.0 Å². The van der Waals surface area contributed by atoms with Crippen LogP contribution in [0, 0.1) is 34.5 Å². The lowest BCUT2D eigenvalue weighted by atomic mass is 9.45. The van der Waals surface area contributed by atoms with Gasteiger partial charge in [-0.25, -0.2) is 0 Å². The highest BCUT2D eigenvalue weighted by Crippen LogP contribution is 2.67. The zero-order chi connectivity index (χ0) is 19.7. The monoisotopic (exact) mass is 384 g/mol. The summed E-state index contributed by atoms with van der Waals surface area (Å²) in [5.41, 5.74) is 2.73. The van der Waals surface area contributed by atoms with Crippen molar-refractivity contribution in [2.75, 3.05) is 0 Å². The van der Waals surface area contributed by atoms with Crippen LogP contribution in [0.25, 0.3) is 6.08 Å². The van der Waals surface area contributed by atoms with Crippen molar-refractivity contribution in [3.05, 3.63) is 23.5 Å². The molecule has 0 spiro atoms. The summed E-state index contributed by atoms with van der Waals surface area (Å²) in [5, 5.41) is 25.8. The molecule has 0 bridgehead atoms. The van der Waals surface area contributed by atoms with Crippen molar-refractivity contribution in [2.45, 2.75) is 77.4 Å². The van der Waals surface area contributed by atoms with Crippen molar-refractivity contribution in [3.8, 4) is 0 Å². The third-order valence-corrected chi connectivity index (χ3v) is 9.58. The predicted molar refractivity (Wildman–Crippen MR) is 110 cm³/mol. The molecule has 0 saturated heterocycles. The smallest absolute Gasteiger partial charge is 0.0809 e. The topological polar surface area (TPSA) is 58.3 Å². The average Bonchev–Trinajstić information content (AvgIpc) is 3.18. The van der Waals surface area contributed by atoms with E-state index in [-0.39, 0.29) is 17.6 Å². The van der Waals surface area contributed by atoms with E-state index in [0.29, 0.717) is 17.3 Å². The summed E-state index contributed by atoms with van der Waals surface area (Å²) in [6, 6.07) is 0. The molecule has 0 unspecified atom stereocenters. The Bertz CT molecular complexity index is 785. The number of hydrogen-bond donors (Lipinski definition) is 2. The predicted octanol–water partition coefficient (Wildman–Crippen LogP) is 4.18. The normalized spacial score (nSPS) is 49.5. The number of aromatic nitrogens is 2. The lowest BCUT2D eigenvalue weighted by Crippen LogP contribution is -2.54. The van der Waals surface area contributed by atoms with Gasteiger partial charge in [0.2, 0.25) is 0 Å². The lowest BCUT2D eigenvalue weighted by Gasteiger charge is -2.60. The highest BCUT2D eigenvalue weighted by Gasteiger charge is 2.61. The number of rotatable bonds is 1. The first-order chi connectivity index (χ1) is 13.3. The van der Waals surface area contributed by atoms with Crippen molar-refractivity contribution in [2.24, 2.45) is 41.5 Å². The van der Waals surface area contributed by atoms with Crippen LogP contribution in [0.5, 0.6) is 0 Å². The zero-order valence-corrected chi connectivity index (χ0v) is 17.6. The molecule has 4 aliphatic carbocycles. The van der Waals surface area contributed by atoms with E-state index in [1.54, 1.807) is 0 Å². The summed E-state index contributed by atoms with van der Waals surface area (Å²) in [7, 11) is 1.94. The van der Waals surface area contributed by atoms with Crippen LogP contribution in [0.2, 0.25) is 0 Å². The molecule has 4 saturated carbocycles. The van der Waals surface area contributed by atoms with Gasteiger partial charge in [-0.1, -0.05) is 19.9 Å². The Hall–Kier alpha value is -1.13. The van der Waals surface area contributed by atoms with Crippen LogP contribution in [0.1, 0.15) is 70.8 Å². The van der Waals surface area contributed by atoms with E-state index >= 15 is 0 Å². The van der Waals surface area contributed by atoms with Crippen molar-refractivity contribution in [3.63, 3.8) is 0 Å². The second-order valence-corrected chi connectivity index (χ2v) is 10.9. The second kappa shape index (κ2) is 6.43.